The molecule has 88 valence electrons. The van der Waals surface area contributed by atoms with Gasteiger partial charge in [-0.15, -0.1) is 12.3 Å². The highest BCUT2D eigenvalue weighted by Crippen LogP contribution is 2.05. The van der Waals surface area contributed by atoms with E-state index in [4.69, 9.17) is 11.2 Å². The highest BCUT2D eigenvalue weighted by Gasteiger charge is 2.03. The number of hydrogen-bond donors (Lipinski definition) is 1. The summed E-state index contributed by atoms with van der Waals surface area (Å²) in [6, 6.07) is 0. The molecular weight excluding hydrogens is 202 g/mol. The molecule has 0 unspecified atom stereocenters. The van der Waals surface area contributed by atoms with Crippen molar-refractivity contribution in [3.8, 4) is 12.3 Å². The van der Waals surface area contributed by atoms with Gasteiger partial charge in [0.25, 0.3) is 0 Å². The molecular formula is C12H19N3O. The monoisotopic (exact) mass is 221 g/mol. The minimum Gasteiger partial charge on any atom is -0.383 e. The molecule has 4 nitrogen and oxygen atoms in total. The van der Waals surface area contributed by atoms with Crippen LogP contribution < -0.4 is 5.32 Å². The lowest BCUT2D eigenvalue weighted by Gasteiger charge is -2.01. The van der Waals surface area contributed by atoms with Crippen molar-refractivity contribution in [3.05, 3.63) is 17.5 Å². The van der Waals surface area contributed by atoms with Crippen molar-refractivity contribution in [2.75, 3.05) is 20.3 Å². The maximum absolute atomic E-state index is 5.22. The summed E-state index contributed by atoms with van der Waals surface area (Å²) in [5, 5.41) is 7.69. The predicted molar refractivity (Wildman–Crippen MR) is 64.0 cm³/mol. The van der Waals surface area contributed by atoms with Crippen LogP contribution in [0.3, 0.4) is 0 Å². The summed E-state index contributed by atoms with van der Waals surface area (Å²) in [6.45, 7) is 5.20. The number of nitrogens with one attached hydrogen (secondary N) is 1. The van der Waals surface area contributed by atoms with E-state index < -0.39 is 0 Å². The number of rotatable bonds is 7. The molecule has 1 heterocycles. The quantitative estimate of drug-likeness (QED) is 0.550. The lowest BCUT2D eigenvalue weighted by atomic mass is 10.2. The first-order valence-electron chi connectivity index (χ1n) is 5.44. The molecule has 0 bridgehead atoms. The zero-order valence-corrected chi connectivity index (χ0v) is 9.99. The minimum atomic E-state index is 0.720. The van der Waals surface area contributed by atoms with E-state index >= 15 is 0 Å². The van der Waals surface area contributed by atoms with Crippen LogP contribution in [0.25, 0.3) is 0 Å². The van der Waals surface area contributed by atoms with Crippen molar-refractivity contribution < 1.29 is 4.74 Å². The van der Waals surface area contributed by atoms with Crippen LogP contribution in [-0.4, -0.2) is 30.0 Å². The number of hydrogen-bond acceptors (Lipinski definition) is 3. The Balaban J connectivity index is 2.41. The molecule has 0 radical (unpaired) electrons. The smallest absolute Gasteiger partial charge is 0.0638 e. The Bertz CT molecular complexity index is 352. The number of aromatic nitrogens is 2. The van der Waals surface area contributed by atoms with Crippen LogP contribution >= 0.6 is 0 Å². The van der Waals surface area contributed by atoms with Crippen LogP contribution in [0, 0.1) is 19.3 Å². The largest absolute Gasteiger partial charge is 0.383 e. The Kier molecular flexibility index (Phi) is 5.62. The number of methoxy groups -OCH3 is 1. The van der Waals surface area contributed by atoms with Gasteiger partial charge in [0.15, 0.2) is 0 Å². The average Bonchev–Trinajstić information content (AvgIpc) is 2.63. The molecule has 0 aliphatic rings. The molecule has 1 N–H and O–H groups in total. The standard InChI is InChI=1S/C12H19N3O/c1-4-5-7-15-10-12(11(2)14-15)9-13-6-8-16-3/h1,10,13H,5-9H2,2-3H3. The highest BCUT2D eigenvalue weighted by atomic mass is 16.5. The van der Waals surface area contributed by atoms with Crippen molar-refractivity contribution in [1.29, 1.82) is 0 Å². The molecule has 16 heavy (non-hydrogen) atoms. The highest BCUT2D eigenvalue weighted by molar-refractivity contribution is 5.15. The maximum atomic E-state index is 5.22. The Labute approximate surface area is 97.0 Å². The first-order chi connectivity index (χ1) is 7.77. The molecule has 4 heteroatoms. The first-order valence-corrected chi connectivity index (χ1v) is 5.44. The Morgan fingerprint density at radius 1 is 1.62 bits per heavy atom. The number of terminal acetylenes is 1. The fourth-order valence-corrected chi connectivity index (χ4v) is 1.42. The molecule has 0 aliphatic heterocycles. The van der Waals surface area contributed by atoms with Gasteiger partial charge in [-0.05, 0) is 6.92 Å². The first kappa shape index (κ1) is 12.8. The summed E-state index contributed by atoms with van der Waals surface area (Å²) >= 11 is 0. The SMILES string of the molecule is C#CCCn1cc(CNCCOC)c(C)n1. The second-order valence-electron chi connectivity index (χ2n) is 3.63. The van der Waals surface area contributed by atoms with E-state index in [0.717, 1.165) is 38.4 Å². The van der Waals surface area contributed by atoms with Crippen LogP contribution in [0.5, 0.6) is 0 Å². The molecule has 0 saturated heterocycles. The lowest BCUT2D eigenvalue weighted by Crippen LogP contribution is -2.18. The van der Waals surface area contributed by atoms with E-state index in [1.54, 1.807) is 7.11 Å². The van der Waals surface area contributed by atoms with E-state index in [-0.39, 0.29) is 0 Å². The fraction of sp³-hybridized carbons (Fsp3) is 0.583. The molecule has 0 atom stereocenters. The molecule has 0 spiro atoms. The van der Waals surface area contributed by atoms with Gasteiger partial charge in [-0.2, -0.15) is 5.10 Å². The Morgan fingerprint density at radius 3 is 3.12 bits per heavy atom. The van der Waals surface area contributed by atoms with Crippen LogP contribution in [-0.2, 0) is 17.8 Å². The summed E-state index contributed by atoms with van der Waals surface area (Å²) in [5.41, 5.74) is 2.27. The zero-order valence-electron chi connectivity index (χ0n) is 9.99. The number of nitrogens with zero attached hydrogens (tertiary/aromatic N) is 2. The number of aryl methyl sites for hydroxylation is 2. The molecule has 0 aliphatic carbocycles. The average molecular weight is 221 g/mol. The topological polar surface area (TPSA) is 39.1 Å². The zero-order chi connectivity index (χ0) is 11.8. The molecule has 0 fully saturated rings. The Morgan fingerprint density at radius 2 is 2.44 bits per heavy atom. The molecule has 0 amide bonds. The molecule has 1 rings (SSSR count). The second kappa shape index (κ2) is 7.04. The minimum absolute atomic E-state index is 0.720. The third-order valence-electron chi connectivity index (χ3n) is 2.33. The van der Waals surface area contributed by atoms with Gasteiger partial charge in [0, 0.05) is 38.4 Å². The molecule has 1 aromatic heterocycles. The summed E-state index contributed by atoms with van der Waals surface area (Å²) in [7, 11) is 1.70. The molecule has 0 saturated carbocycles. The maximum Gasteiger partial charge on any atom is 0.0638 e. The van der Waals surface area contributed by atoms with Crippen LogP contribution in [0.4, 0.5) is 0 Å². The van der Waals surface area contributed by atoms with E-state index in [9.17, 15) is 0 Å². The van der Waals surface area contributed by atoms with Crippen molar-refractivity contribution in [2.45, 2.75) is 26.4 Å². The Hall–Kier alpha value is -1.31. The van der Waals surface area contributed by atoms with Crippen LogP contribution in [0.1, 0.15) is 17.7 Å². The third-order valence-corrected chi connectivity index (χ3v) is 2.33. The van der Waals surface area contributed by atoms with Gasteiger partial charge in [0.2, 0.25) is 0 Å². The summed E-state index contributed by atoms with van der Waals surface area (Å²) in [6.07, 6.45) is 7.99. The van der Waals surface area contributed by atoms with E-state index in [0.29, 0.717) is 0 Å². The van der Waals surface area contributed by atoms with Gasteiger partial charge < -0.3 is 10.1 Å². The van der Waals surface area contributed by atoms with Gasteiger partial charge in [0.05, 0.1) is 18.8 Å². The normalized spacial score (nSPS) is 10.3. The van der Waals surface area contributed by atoms with Crippen molar-refractivity contribution in [2.24, 2.45) is 0 Å². The summed E-state index contributed by atoms with van der Waals surface area (Å²) < 4.78 is 6.87. The van der Waals surface area contributed by atoms with Crippen molar-refractivity contribution >= 4 is 0 Å². The van der Waals surface area contributed by atoms with Crippen LogP contribution in [0.2, 0.25) is 0 Å². The van der Waals surface area contributed by atoms with Crippen LogP contribution in [0.15, 0.2) is 6.20 Å². The molecule has 1 aromatic rings. The second-order valence-corrected chi connectivity index (χ2v) is 3.63. The predicted octanol–water partition coefficient (Wildman–Crippen LogP) is 0.951. The van der Waals surface area contributed by atoms with Crippen molar-refractivity contribution in [3.63, 3.8) is 0 Å². The lowest BCUT2D eigenvalue weighted by molar-refractivity contribution is 0.199. The van der Waals surface area contributed by atoms with Gasteiger partial charge in [-0.1, -0.05) is 0 Å². The van der Waals surface area contributed by atoms with Gasteiger partial charge in [0.1, 0.15) is 0 Å². The third kappa shape index (κ3) is 4.05. The summed E-state index contributed by atoms with van der Waals surface area (Å²) in [4.78, 5) is 0. The van der Waals surface area contributed by atoms with Gasteiger partial charge in [-0.3, -0.25) is 4.68 Å². The number of ether oxygens (including phenoxy) is 1. The molecule has 0 aromatic carbocycles. The van der Waals surface area contributed by atoms with E-state index in [1.165, 1.54) is 5.56 Å². The van der Waals surface area contributed by atoms with Crippen molar-refractivity contribution in [1.82, 2.24) is 15.1 Å². The van der Waals surface area contributed by atoms with E-state index in [2.05, 4.69) is 16.3 Å². The summed E-state index contributed by atoms with van der Waals surface area (Å²) in [5.74, 6) is 2.61. The van der Waals surface area contributed by atoms with Gasteiger partial charge in [-0.25, -0.2) is 0 Å². The fourth-order valence-electron chi connectivity index (χ4n) is 1.42. The van der Waals surface area contributed by atoms with E-state index in [1.807, 2.05) is 17.8 Å². The van der Waals surface area contributed by atoms with Gasteiger partial charge >= 0.3 is 0 Å².